The fourth-order valence-electron chi connectivity index (χ4n) is 1.90. The van der Waals surface area contributed by atoms with Gasteiger partial charge in [-0.25, -0.2) is 0 Å². The lowest BCUT2D eigenvalue weighted by Crippen LogP contribution is -2.27. The fraction of sp³-hybridized carbons (Fsp3) is 0.500. The summed E-state index contributed by atoms with van der Waals surface area (Å²) in [7, 11) is 0. The van der Waals surface area contributed by atoms with E-state index in [1.54, 1.807) is 24.3 Å². The molecule has 1 aliphatic carbocycles. The Labute approximate surface area is 125 Å². The maximum Gasteiger partial charge on any atom is 0.251 e. The highest BCUT2D eigenvalue weighted by molar-refractivity contribution is 5.96. The van der Waals surface area contributed by atoms with Gasteiger partial charge in [0.15, 0.2) is 0 Å². The Morgan fingerprint density at radius 1 is 1.19 bits per heavy atom. The minimum absolute atomic E-state index is 0.0293. The second-order valence-electron chi connectivity index (χ2n) is 5.73. The van der Waals surface area contributed by atoms with Gasteiger partial charge in [0.1, 0.15) is 0 Å². The molecule has 114 valence electrons. The number of carbonyl (C=O) groups excluding carboxylic acids is 2. The number of hydrogen-bond acceptors (Lipinski definition) is 3. The van der Waals surface area contributed by atoms with Gasteiger partial charge in [-0.3, -0.25) is 9.59 Å². The number of amides is 2. The van der Waals surface area contributed by atoms with Gasteiger partial charge in [-0.05, 0) is 37.1 Å². The van der Waals surface area contributed by atoms with Crippen LogP contribution in [0, 0.1) is 0 Å². The minimum Gasteiger partial charge on any atom is -0.349 e. The molecule has 3 N–H and O–H groups in total. The van der Waals surface area contributed by atoms with Crippen molar-refractivity contribution < 1.29 is 9.59 Å². The number of nitrogens with one attached hydrogen (secondary N) is 3. The first-order valence-electron chi connectivity index (χ1n) is 7.49. The van der Waals surface area contributed by atoms with E-state index in [1.165, 1.54) is 0 Å². The molecule has 1 aromatic rings. The molecule has 0 heterocycles. The third-order valence-corrected chi connectivity index (χ3v) is 3.25. The van der Waals surface area contributed by atoms with E-state index in [0.29, 0.717) is 36.3 Å². The molecular formula is C16H23N3O2. The molecule has 2 amide bonds. The average molecular weight is 289 g/mol. The van der Waals surface area contributed by atoms with Crippen molar-refractivity contribution in [2.75, 3.05) is 11.9 Å². The monoisotopic (exact) mass is 289 g/mol. The van der Waals surface area contributed by atoms with Crippen molar-refractivity contribution in [3.05, 3.63) is 29.8 Å². The van der Waals surface area contributed by atoms with Crippen LogP contribution in [0.15, 0.2) is 24.3 Å². The SMILES string of the molecule is CC(C)NCCC(=O)Nc1ccc(C(=O)NC2CC2)cc1. The predicted octanol–water partition coefficient (Wildman–Crippen LogP) is 1.91. The molecule has 0 aliphatic heterocycles. The van der Waals surface area contributed by atoms with Gasteiger partial charge in [-0.15, -0.1) is 0 Å². The Morgan fingerprint density at radius 3 is 2.43 bits per heavy atom. The van der Waals surface area contributed by atoms with E-state index in [2.05, 4.69) is 16.0 Å². The molecule has 0 bridgehead atoms. The lowest BCUT2D eigenvalue weighted by Gasteiger charge is -2.09. The van der Waals surface area contributed by atoms with Crippen LogP contribution in [0.4, 0.5) is 5.69 Å². The molecule has 1 saturated carbocycles. The summed E-state index contributed by atoms with van der Waals surface area (Å²) in [5.74, 6) is -0.0742. The topological polar surface area (TPSA) is 70.2 Å². The van der Waals surface area contributed by atoms with Crippen LogP contribution in [0.3, 0.4) is 0 Å². The summed E-state index contributed by atoms with van der Waals surface area (Å²) < 4.78 is 0. The molecule has 5 heteroatoms. The maximum atomic E-state index is 11.8. The summed E-state index contributed by atoms with van der Waals surface area (Å²) in [6.45, 7) is 4.75. The quantitative estimate of drug-likeness (QED) is 0.718. The van der Waals surface area contributed by atoms with Crippen LogP contribution >= 0.6 is 0 Å². The Bertz CT molecular complexity index is 493. The molecule has 1 aromatic carbocycles. The van der Waals surface area contributed by atoms with Crippen molar-refractivity contribution in [1.82, 2.24) is 10.6 Å². The van der Waals surface area contributed by atoms with E-state index in [4.69, 9.17) is 0 Å². The van der Waals surface area contributed by atoms with Gasteiger partial charge >= 0.3 is 0 Å². The smallest absolute Gasteiger partial charge is 0.251 e. The summed E-state index contributed by atoms with van der Waals surface area (Å²) in [4.78, 5) is 23.6. The van der Waals surface area contributed by atoms with Gasteiger partial charge < -0.3 is 16.0 Å². The van der Waals surface area contributed by atoms with Gasteiger partial charge in [0.05, 0.1) is 0 Å². The highest BCUT2D eigenvalue weighted by Crippen LogP contribution is 2.19. The third-order valence-electron chi connectivity index (χ3n) is 3.25. The van der Waals surface area contributed by atoms with E-state index in [9.17, 15) is 9.59 Å². The summed E-state index contributed by atoms with van der Waals surface area (Å²) in [6, 6.07) is 7.72. The zero-order valence-electron chi connectivity index (χ0n) is 12.6. The number of rotatable bonds is 7. The number of hydrogen-bond donors (Lipinski definition) is 3. The highest BCUT2D eigenvalue weighted by atomic mass is 16.2. The van der Waals surface area contributed by atoms with Crippen molar-refractivity contribution in [2.24, 2.45) is 0 Å². The second kappa shape index (κ2) is 7.22. The molecular weight excluding hydrogens is 266 g/mol. The summed E-state index contributed by atoms with van der Waals surface area (Å²) in [6.07, 6.45) is 2.58. The van der Waals surface area contributed by atoms with Crippen LogP contribution < -0.4 is 16.0 Å². The number of benzene rings is 1. The Morgan fingerprint density at radius 2 is 1.86 bits per heavy atom. The van der Waals surface area contributed by atoms with Crippen LogP contribution in [0.1, 0.15) is 43.5 Å². The molecule has 0 saturated heterocycles. The zero-order valence-corrected chi connectivity index (χ0v) is 12.6. The van der Waals surface area contributed by atoms with Gasteiger partial charge in [0.25, 0.3) is 5.91 Å². The van der Waals surface area contributed by atoms with E-state index in [0.717, 1.165) is 12.8 Å². The van der Waals surface area contributed by atoms with Crippen LogP contribution in [0.25, 0.3) is 0 Å². The van der Waals surface area contributed by atoms with Crippen LogP contribution in [0.5, 0.6) is 0 Å². The van der Waals surface area contributed by atoms with E-state index in [-0.39, 0.29) is 11.8 Å². The van der Waals surface area contributed by atoms with Crippen molar-refractivity contribution in [3.8, 4) is 0 Å². The molecule has 5 nitrogen and oxygen atoms in total. The molecule has 1 aliphatic rings. The summed E-state index contributed by atoms with van der Waals surface area (Å²) in [5, 5.41) is 8.96. The first-order valence-corrected chi connectivity index (χ1v) is 7.49. The van der Waals surface area contributed by atoms with Gasteiger partial charge in [-0.1, -0.05) is 13.8 Å². The molecule has 0 radical (unpaired) electrons. The van der Waals surface area contributed by atoms with E-state index in [1.807, 2.05) is 13.8 Å². The average Bonchev–Trinajstić information content (AvgIpc) is 3.23. The first kappa shape index (κ1) is 15.5. The van der Waals surface area contributed by atoms with Gasteiger partial charge in [-0.2, -0.15) is 0 Å². The molecule has 1 fully saturated rings. The van der Waals surface area contributed by atoms with Crippen LogP contribution in [0.2, 0.25) is 0 Å². The molecule has 0 aromatic heterocycles. The fourth-order valence-corrected chi connectivity index (χ4v) is 1.90. The van der Waals surface area contributed by atoms with Crippen LogP contribution in [-0.2, 0) is 4.79 Å². The van der Waals surface area contributed by atoms with Crippen molar-refractivity contribution in [1.29, 1.82) is 0 Å². The standard InChI is InChI=1S/C16H23N3O2/c1-11(2)17-10-9-15(20)18-13-5-3-12(4-6-13)16(21)19-14-7-8-14/h3-6,11,14,17H,7-10H2,1-2H3,(H,18,20)(H,19,21). The van der Waals surface area contributed by atoms with Crippen molar-refractivity contribution in [2.45, 2.75) is 45.2 Å². The molecule has 0 unspecified atom stereocenters. The first-order chi connectivity index (χ1) is 10.0. The Kier molecular flexibility index (Phi) is 5.33. The number of carbonyl (C=O) groups is 2. The van der Waals surface area contributed by atoms with Gasteiger partial charge in [0, 0.05) is 36.3 Å². The molecule has 21 heavy (non-hydrogen) atoms. The highest BCUT2D eigenvalue weighted by Gasteiger charge is 2.23. The number of anilines is 1. The predicted molar refractivity (Wildman–Crippen MR) is 83.3 cm³/mol. The lowest BCUT2D eigenvalue weighted by atomic mass is 10.2. The van der Waals surface area contributed by atoms with Crippen LogP contribution in [-0.4, -0.2) is 30.4 Å². The maximum absolute atomic E-state index is 11.8. The Balaban J connectivity index is 1.78. The van der Waals surface area contributed by atoms with E-state index < -0.39 is 0 Å². The van der Waals surface area contributed by atoms with Crippen molar-refractivity contribution in [3.63, 3.8) is 0 Å². The molecule has 0 atom stereocenters. The van der Waals surface area contributed by atoms with Gasteiger partial charge in [0.2, 0.25) is 5.91 Å². The zero-order chi connectivity index (χ0) is 15.2. The van der Waals surface area contributed by atoms with Crippen molar-refractivity contribution >= 4 is 17.5 Å². The lowest BCUT2D eigenvalue weighted by molar-refractivity contribution is -0.116. The summed E-state index contributed by atoms with van der Waals surface area (Å²) in [5.41, 5.74) is 1.34. The second-order valence-corrected chi connectivity index (χ2v) is 5.73. The molecule has 0 spiro atoms. The Hall–Kier alpha value is -1.88. The summed E-state index contributed by atoms with van der Waals surface area (Å²) >= 11 is 0. The largest absolute Gasteiger partial charge is 0.349 e. The molecule has 2 rings (SSSR count). The van der Waals surface area contributed by atoms with E-state index >= 15 is 0 Å². The normalized spacial score (nSPS) is 14.0. The third kappa shape index (κ3) is 5.55. The minimum atomic E-state index is -0.0449.